The van der Waals surface area contributed by atoms with Gasteiger partial charge in [0, 0.05) is 24.2 Å². The Balaban J connectivity index is 1.64. The van der Waals surface area contributed by atoms with Crippen molar-refractivity contribution in [3.05, 3.63) is 29.3 Å². The van der Waals surface area contributed by atoms with Gasteiger partial charge in [0.15, 0.2) is 0 Å². The van der Waals surface area contributed by atoms with Crippen LogP contribution in [0.4, 0.5) is 5.69 Å². The van der Waals surface area contributed by atoms with E-state index in [0.717, 1.165) is 24.1 Å². The molecule has 1 unspecified atom stereocenters. The highest BCUT2D eigenvalue weighted by molar-refractivity contribution is 6.09. The van der Waals surface area contributed by atoms with Crippen LogP contribution < -0.4 is 10.2 Å². The number of aliphatic hydroxyl groups is 1. The Morgan fingerprint density at radius 3 is 2.70 bits per heavy atom. The van der Waals surface area contributed by atoms with Crippen LogP contribution in [0.25, 0.3) is 0 Å². The van der Waals surface area contributed by atoms with Crippen LogP contribution in [0.5, 0.6) is 0 Å². The van der Waals surface area contributed by atoms with Crippen molar-refractivity contribution in [3.8, 4) is 0 Å². The summed E-state index contributed by atoms with van der Waals surface area (Å²) < 4.78 is 0. The molecule has 1 aromatic carbocycles. The number of aryl methyl sites for hydroxylation is 2. The number of hydrogen-bond donors (Lipinski definition) is 2. The first-order valence-corrected chi connectivity index (χ1v) is 8.23. The molecule has 1 saturated heterocycles. The summed E-state index contributed by atoms with van der Waals surface area (Å²) in [5, 5.41) is 12.2. The van der Waals surface area contributed by atoms with Crippen molar-refractivity contribution in [3.63, 3.8) is 0 Å². The van der Waals surface area contributed by atoms with Crippen LogP contribution in [0.1, 0.15) is 30.4 Å². The second kappa shape index (κ2) is 5.96. The lowest BCUT2D eigenvalue weighted by atomic mass is 10.1. The Morgan fingerprint density at radius 2 is 2.09 bits per heavy atom. The molecule has 2 fully saturated rings. The molecule has 1 aliphatic heterocycles. The van der Waals surface area contributed by atoms with Gasteiger partial charge < -0.3 is 15.3 Å². The predicted octanol–water partition coefficient (Wildman–Crippen LogP) is 1.55. The Morgan fingerprint density at radius 1 is 1.35 bits per heavy atom. The zero-order chi connectivity index (χ0) is 16.6. The van der Waals surface area contributed by atoms with Crippen molar-refractivity contribution >= 4 is 17.5 Å². The van der Waals surface area contributed by atoms with Crippen molar-refractivity contribution in [2.24, 2.45) is 11.3 Å². The van der Waals surface area contributed by atoms with E-state index in [1.165, 1.54) is 5.56 Å². The lowest BCUT2D eigenvalue weighted by Crippen LogP contribution is -2.39. The van der Waals surface area contributed by atoms with E-state index in [2.05, 4.69) is 5.32 Å². The summed E-state index contributed by atoms with van der Waals surface area (Å²) in [4.78, 5) is 26.6. The Hall–Kier alpha value is -1.88. The molecule has 2 aliphatic rings. The van der Waals surface area contributed by atoms with E-state index in [1.807, 2.05) is 32.0 Å². The minimum Gasteiger partial charge on any atom is -0.396 e. The average molecular weight is 316 g/mol. The third-order valence-electron chi connectivity index (χ3n) is 5.25. The average Bonchev–Trinajstić information content (AvgIpc) is 3.23. The van der Waals surface area contributed by atoms with Gasteiger partial charge in [0.2, 0.25) is 11.8 Å². The van der Waals surface area contributed by atoms with Crippen LogP contribution in [0.3, 0.4) is 0 Å². The Kier molecular flexibility index (Phi) is 4.15. The van der Waals surface area contributed by atoms with Gasteiger partial charge in [-0.15, -0.1) is 0 Å². The Labute approximate surface area is 136 Å². The molecule has 124 valence electrons. The predicted molar refractivity (Wildman–Crippen MR) is 88.1 cm³/mol. The Bertz CT molecular complexity index is 637. The molecular weight excluding hydrogens is 292 g/mol. The molecule has 2 amide bonds. The summed E-state index contributed by atoms with van der Waals surface area (Å²) in [6, 6.07) is 5.94. The van der Waals surface area contributed by atoms with Crippen LogP contribution in [0.2, 0.25) is 0 Å². The van der Waals surface area contributed by atoms with Gasteiger partial charge in [-0.05, 0) is 56.4 Å². The standard InChI is InChI=1S/C18H24N2O3/c1-12-3-4-14(9-13(12)2)20-8-5-15(17(20)23)16(22)19-10-18(11-21)6-7-18/h3-4,9,15,21H,5-8,10-11H2,1-2H3,(H,19,22). The topological polar surface area (TPSA) is 69.6 Å². The normalized spacial score (nSPS) is 22.3. The SMILES string of the molecule is Cc1ccc(N2CCC(C(=O)NCC3(CO)CC3)C2=O)cc1C. The van der Waals surface area contributed by atoms with E-state index < -0.39 is 5.92 Å². The van der Waals surface area contributed by atoms with Crippen LogP contribution in [-0.2, 0) is 9.59 Å². The van der Waals surface area contributed by atoms with Crippen molar-refractivity contribution in [1.82, 2.24) is 5.32 Å². The monoisotopic (exact) mass is 316 g/mol. The summed E-state index contributed by atoms with van der Waals surface area (Å²) in [6.45, 7) is 5.20. The van der Waals surface area contributed by atoms with E-state index in [-0.39, 0.29) is 23.8 Å². The van der Waals surface area contributed by atoms with Gasteiger partial charge in [0.1, 0.15) is 5.92 Å². The highest BCUT2D eigenvalue weighted by Gasteiger charge is 2.44. The number of nitrogens with one attached hydrogen (secondary N) is 1. The number of carbonyl (C=O) groups excluding carboxylic acids is 2. The zero-order valence-corrected chi connectivity index (χ0v) is 13.8. The second-order valence-electron chi connectivity index (χ2n) is 6.98. The molecule has 1 saturated carbocycles. The smallest absolute Gasteiger partial charge is 0.239 e. The summed E-state index contributed by atoms with van der Waals surface area (Å²) in [5.41, 5.74) is 3.06. The summed E-state index contributed by atoms with van der Waals surface area (Å²) in [5.74, 6) is -0.938. The minimum atomic E-state index is -0.605. The second-order valence-corrected chi connectivity index (χ2v) is 6.98. The summed E-state index contributed by atoms with van der Waals surface area (Å²) in [7, 11) is 0. The summed E-state index contributed by atoms with van der Waals surface area (Å²) >= 11 is 0. The zero-order valence-electron chi connectivity index (χ0n) is 13.8. The lowest BCUT2D eigenvalue weighted by molar-refractivity contribution is -0.132. The van der Waals surface area contributed by atoms with Gasteiger partial charge in [-0.25, -0.2) is 0 Å². The van der Waals surface area contributed by atoms with Crippen molar-refractivity contribution in [1.29, 1.82) is 0 Å². The van der Waals surface area contributed by atoms with Gasteiger partial charge in [0.25, 0.3) is 0 Å². The number of anilines is 1. The number of carbonyl (C=O) groups is 2. The number of nitrogens with zero attached hydrogens (tertiary/aromatic N) is 1. The van der Waals surface area contributed by atoms with Crippen molar-refractivity contribution in [2.45, 2.75) is 33.1 Å². The molecule has 5 heteroatoms. The molecule has 23 heavy (non-hydrogen) atoms. The highest BCUT2D eigenvalue weighted by atomic mass is 16.3. The van der Waals surface area contributed by atoms with E-state index in [4.69, 9.17) is 0 Å². The largest absolute Gasteiger partial charge is 0.396 e. The van der Waals surface area contributed by atoms with E-state index in [1.54, 1.807) is 4.90 Å². The maximum atomic E-state index is 12.6. The fourth-order valence-corrected chi connectivity index (χ4v) is 3.04. The van der Waals surface area contributed by atoms with Crippen molar-refractivity contribution < 1.29 is 14.7 Å². The number of hydrogen-bond acceptors (Lipinski definition) is 3. The first kappa shape index (κ1) is 16.0. The fraction of sp³-hybridized carbons (Fsp3) is 0.556. The van der Waals surface area contributed by atoms with E-state index in [9.17, 15) is 14.7 Å². The minimum absolute atomic E-state index is 0.0979. The first-order chi connectivity index (χ1) is 11.0. The fourth-order valence-electron chi connectivity index (χ4n) is 3.04. The summed E-state index contributed by atoms with van der Waals surface area (Å²) in [6.07, 6.45) is 2.43. The molecule has 1 atom stereocenters. The molecule has 3 rings (SSSR count). The molecule has 1 heterocycles. The molecule has 0 aromatic heterocycles. The highest BCUT2D eigenvalue weighted by Crippen LogP contribution is 2.44. The van der Waals surface area contributed by atoms with Gasteiger partial charge in [-0.3, -0.25) is 9.59 Å². The third kappa shape index (κ3) is 3.11. The van der Waals surface area contributed by atoms with Gasteiger partial charge >= 0.3 is 0 Å². The van der Waals surface area contributed by atoms with Gasteiger partial charge in [-0.2, -0.15) is 0 Å². The first-order valence-electron chi connectivity index (χ1n) is 8.23. The molecular formula is C18H24N2O3. The molecule has 0 bridgehead atoms. The van der Waals surface area contributed by atoms with Crippen LogP contribution in [0, 0.1) is 25.2 Å². The number of rotatable bonds is 5. The third-order valence-corrected chi connectivity index (χ3v) is 5.25. The van der Waals surface area contributed by atoms with Gasteiger partial charge in [-0.1, -0.05) is 6.07 Å². The number of aliphatic hydroxyl groups excluding tert-OH is 1. The van der Waals surface area contributed by atoms with Crippen LogP contribution >= 0.6 is 0 Å². The lowest BCUT2D eigenvalue weighted by Gasteiger charge is -2.18. The molecule has 2 N–H and O–H groups in total. The maximum Gasteiger partial charge on any atom is 0.239 e. The molecule has 5 nitrogen and oxygen atoms in total. The number of amides is 2. The quantitative estimate of drug-likeness (QED) is 0.810. The molecule has 1 aliphatic carbocycles. The molecule has 1 aromatic rings. The van der Waals surface area contributed by atoms with Crippen LogP contribution in [-0.4, -0.2) is 36.6 Å². The molecule has 0 spiro atoms. The molecule has 0 radical (unpaired) electrons. The van der Waals surface area contributed by atoms with Crippen LogP contribution in [0.15, 0.2) is 18.2 Å². The van der Waals surface area contributed by atoms with Crippen molar-refractivity contribution in [2.75, 3.05) is 24.6 Å². The number of benzene rings is 1. The van der Waals surface area contributed by atoms with E-state index >= 15 is 0 Å². The van der Waals surface area contributed by atoms with E-state index in [0.29, 0.717) is 19.5 Å². The van der Waals surface area contributed by atoms with Gasteiger partial charge in [0.05, 0.1) is 6.61 Å². The maximum absolute atomic E-state index is 12.6.